The van der Waals surface area contributed by atoms with E-state index in [9.17, 15) is 19.5 Å². The predicted molar refractivity (Wildman–Crippen MR) is 218 cm³/mol. The van der Waals surface area contributed by atoms with Gasteiger partial charge in [0.2, 0.25) is 17.5 Å². The van der Waals surface area contributed by atoms with E-state index in [1.54, 1.807) is 17.0 Å². The molecule has 0 aromatic heterocycles. The van der Waals surface area contributed by atoms with E-state index in [0.29, 0.717) is 43.1 Å². The normalized spacial score (nSPS) is 45.1. The number of Topliss-reactive ketones (excluding diaryl/α,β-unsaturated/α-hetero) is 1. The monoisotopic (exact) mass is 852 g/mol. The molecule has 2 spiro atoms. The summed E-state index contributed by atoms with van der Waals surface area (Å²) in [6.07, 6.45) is 7.70. The van der Waals surface area contributed by atoms with Gasteiger partial charge >= 0.3 is 0 Å². The van der Waals surface area contributed by atoms with Crippen LogP contribution >= 0.6 is 0 Å². The number of aliphatic hydroxyl groups is 1. The van der Waals surface area contributed by atoms with Crippen molar-refractivity contribution < 1.29 is 58.0 Å². The van der Waals surface area contributed by atoms with Crippen LogP contribution in [0.5, 0.6) is 0 Å². The van der Waals surface area contributed by atoms with Gasteiger partial charge in [-0.05, 0) is 126 Å². The molecule has 10 aliphatic rings. The highest BCUT2D eigenvalue weighted by molar-refractivity contribution is 5.98. The number of hydrogen-bond donors (Lipinski definition) is 2. The summed E-state index contributed by atoms with van der Waals surface area (Å²) in [6.45, 7) is 12.1. The Bertz CT molecular complexity index is 1790. The van der Waals surface area contributed by atoms with Gasteiger partial charge in [0.1, 0.15) is 12.6 Å². The summed E-state index contributed by atoms with van der Waals surface area (Å²) in [5, 5.41) is 12.3. The number of ether oxygens (including phenoxy) is 4. The number of aliphatic hydroxyl groups excluding tert-OH is 1. The second kappa shape index (κ2) is 16.8. The van der Waals surface area contributed by atoms with Gasteiger partial charge in [0, 0.05) is 36.8 Å². The van der Waals surface area contributed by atoms with E-state index in [1.807, 2.05) is 32.0 Å². The second-order valence-electron chi connectivity index (χ2n) is 20.4. The molecule has 11 rings (SSSR count). The Morgan fingerprint density at radius 1 is 0.738 bits per heavy atom. The Balaban J connectivity index is 0.961. The smallest absolute Gasteiger partial charge is 0.254 e. The SMILES string of the molecule is C[C@@H]1CCC2[C@@H](C)[C@@H](CCCN(C(=O)c3ccccc3)C(CC[C@H]3O[C@@H]4O[C@@]5(C)CCC6[C@H](C)CCC([C@H]3C)[C@]64OO5)C(=O)NCC(=O)CO)O[C@@H]3O[C@@]4(C)CCC1[C@@]23OO4. The van der Waals surface area contributed by atoms with Crippen molar-refractivity contribution in [1.82, 2.24) is 10.2 Å². The molecule has 17 atom stereocenters. The number of nitrogens with zero attached hydrogens (tertiary/aromatic N) is 1. The second-order valence-corrected chi connectivity index (χ2v) is 20.4. The van der Waals surface area contributed by atoms with Crippen LogP contribution in [0.15, 0.2) is 30.3 Å². The van der Waals surface area contributed by atoms with Crippen molar-refractivity contribution in [2.45, 2.75) is 172 Å². The van der Waals surface area contributed by atoms with E-state index in [-0.39, 0.29) is 73.1 Å². The van der Waals surface area contributed by atoms with Gasteiger partial charge in [-0.15, -0.1) is 0 Å². The molecule has 2 N–H and O–H groups in total. The van der Waals surface area contributed by atoms with Gasteiger partial charge in [-0.25, -0.2) is 19.6 Å². The first-order valence-corrected chi connectivity index (χ1v) is 23.4. The zero-order chi connectivity index (χ0) is 42.9. The van der Waals surface area contributed by atoms with E-state index in [4.69, 9.17) is 38.5 Å². The highest BCUT2D eigenvalue weighted by atomic mass is 17.3. The van der Waals surface area contributed by atoms with Crippen molar-refractivity contribution in [3.8, 4) is 0 Å². The molecule has 0 radical (unpaired) electrons. The summed E-state index contributed by atoms with van der Waals surface area (Å²) < 4.78 is 27.1. The largest absolute Gasteiger partial charge is 0.389 e. The minimum Gasteiger partial charge on any atom is -0.389 e. The third kappa shape index (κ3) is 7.51. The quantitative estimate of drug-likeness (QED) is 0.216. The fourth-order valence-corrected chi connectivity index (χ4v) is 13.3. The third-order valence-corrected chi connectivity index (χ3v) is 16.8. The molecular weight excluding hydrogens is 785 g/mol. The van der Waals surface area contributed by atoms with Gasteiger partial charge in [0.25, 0.3) is 5.91 Å². The molecule has 4 bridgehead atoms. The topological polar surface area (TPSA) is 161 Å². The molecule has 61 heavy (non-hydrogen) atoms. The maximum Gasteiger partial charge on any atom is 0.254 e. The molecule has 2 aliphatic carbocycles. The maximum absolute atomic E-state index is 14.7. The number of rotatable bonds is 13. The summed E-state index contributed by atoms with van der Waals surface area (Å²) in [5.74, 6) is -1.19. The number of nitrogens with one attached hydrogen (secondary N) is 1. The van der Waals surface area contributed by atoms with Crippen molar-refractivity contribution in [2.75, 3.05) is 19.7 Å². The highest BCUT2D eigenvalue weighted by Gasteiger charge is 2.70. The fourth-order valence-electron chi connectivity index (χ4n) is 13.3. The molecule has 8 heterocycles. The van der Waals surface area contributed by atoms with Crippen LogP contribution in [-0.4, -0.2) is 101 Å². The van der Waals surface area contributed by atoms with E-state index in [2.05, 4.69) is 33.0 Å². The zero-order valence-corrected chi connectivity index (χ0v) is 36.9. The maximum atomic E-state index is 14.7. The van der Waals surface area contributed by atoms with Gasteiger partial charge in [-0.2, -0.15) is 0 Å². The van der Waals surface area contributed by atoms with Crippen LogP contribution in [0.4, 0.5) is 0 Å². The molecular formula is C47H68N2O12. The summed E-state index contributed by atoms with van der Waals surface area (Å²) >= 11 is 0. The summed E-state index contributed by atoms with van der Waals surface area (Å²) in [7, 11) is 0. The summed E-state index contributed by atoms with van der Waals surface area (Å²) in [4.78, 5) is 67.8. The van der Waals surface area contributed by atoms with Gasteiger partial charge in [-0.1, -0.05) is 45.9 Å². The first-order valence-electron chi connectivity index (χ1n) is 23.4. The lowest BCUT2D eigenvalue weighted by molar-refractivity contribution is -0.571. The number of fused-ring (bicyclic) bond motifs is 4. The van der Waals surface area contributed by atoms with Crippen molar-refractivity contribution in [1.29, 1.82) is 0 Å². The van der Waals surface area contributed by atoms with E-state index >= 15 is 0 Å². The lowest BCUT2D eigenvalue weighted by Gasteiger charge is -2.60. The number of carbonyl (C=O) groups is 3. The molecule has 2 saturated carbocycles. The van der Waals surface area contributed by atoms with Gasteiger partial charge in [0.15, 0.2) is 29.6 Å². The predicted octanol–water partition coefficient (Wildman–Crippen LogP) is 6.24. The minimum atomic E-state index is -0.936. The van der Waals surface area contributed by atoms with Crippen molar-refractivity contribution >= 4 is 17.6 Å². The molecule has 14 heteroatoms. The Morgan fingerprint density at radius 2 is 1.28 bits per heavy atom. The lowest BCUT2D eigenvalue weighted by atomic mass is 9.57. The molecule has 2 amide bonds. The third-order valence-electron chi connectivity index (χ3n) is 16.8. The van der Waals surface area contributed by atoms with Gasteiger partial charge in [-0.3, -0.25) is 14.4 Å². The zero-order valence-electron chi connectivity index (χ0n) is 36.9. The Hall–Kier alpha value is -2.53. The molecule has 8 aliphatic heterocycles. The first-order chi connectivity index (χ1) is 29.2. The summed E-state index contributed by atoms with van der Waals surface area (Å²) in [5.41, 5.74) is -0.916. The van der Waals surface area contributed by atoms with Crippen LogP contribution in [0.25, 0.3) is 0 Å². The van der Waals surface area contributed by atoms with E-state index in [1.165, 1.54) is 0 Å². The Morgan fingerprint density at radius 3 is 1.82 bits per heavy atom. The van der Waals surface area contributed by atoms with Crippen LogP contribution in [0.2, 0.25) is 0 Å². The van der Waals surface area contributed by atoms with Gasteiger partial charge < -0.3 is 34.3 Å². The Kier molecular flexibility index (Phi) is 12.0. The van der Waals surface area contributed by atoms with Gasteiger partial charge in [0.05, 0.1) is 18.8 Å². The molecule has 338 valence electrons. The number of amides is 2. The lowest BCUT2D eigenvalue weighted by Crippen LogP contribution is -2.70. The number of hydrogen-bond acceptors (Lipinski definition) is 12. The number of ketones is 1. The van der Waals surface area contributed by atoms with Crippen LogP contribution < -0.4 is 5.32 Å². The average molecular weight is 853 g/mol. The van der Waals surface area contributed by atoms with Crippen molar-refractivity contribution in [3.63, 3.8) is 0 Å². The number of carbonyl (C=O) groups excluding carboxylic acids is 3. The van der Waals surface area contributed by atoms with Crippen molar-refractivity contribution in [2.24, 2.45) is 47.3 Å². The fraction of sp³-hybridized carbons (Fsp3) is 0.809. The van der Waals surface area contributed by atoms with Crippen molar-refractivity contribution in [3.05, 3.63) is 35.9 Å². The molecule has 14 nitrogen and oxygen atoms in total. The molecule has 5 unspecified atom stereocenters. The first kappa shape index (κ1) is 43.7. The van der Waals surface area contributed by atoms with Crippen LogP contribution in [0.1, 0.15) is 129 Å². The molecule has 8 saturated heterocycles. The summed E-state index contributed by atoms with van der Waals surface area (Å²) in [6, 6.07) is 8.08. The standard InChI is InChI=1S/C47H68N2O12/c1-27-14-16-35-29(3)38(54-42-46(35)33(27)20-22-44(5,56-42)58-60-46)13-10-24-49(41(53)31-11-8-7-9-12-31)37(40(52)48-25-32(51)26-50)18-19-39-30(4)36-17-15-28(2)34-21-23-45(6)57-43(55-39)47(34,36)61-59-45/h7-9,11-12,27-30,33-39,42-43,50H,10,13-26H2,1-6H3,(H,48,52)/t27-,28-,29-,30-,33?,34?,35?,36?,37?,38-,39-,42-,43-,44-,45-,46-,47-/m1/s1. The average Bonchev–Trinajstić information content (AvgIpc) is 3.63. The number of benzene rings is 1. The van der Waals surface area contributed by atoms with E-state index in [0.717, 1.165) is 44.9 Å². The van der Waals surface area contributed by atoms with E-state index < -0.39 is 59.7 Å². The molecule has 1 aromatic rings. The highest BCUT2D eigenvalue weighted by Crippen LogP contribution is 2.62. The van der Waals surface area contributed by atoms with Crippen LogP contribution in [0, 0.1) is 47.3 Å². The molecule has 10 fully saturated rings. The minimum absolute atomic E-state index is 0.0487. The van der Waals surface area contributed by atoms with Crippen LogP contribution in [0.3, 0.4) is 0 Å². The Labute approximate surface area is 360 Å². The van der Waals surface area contributed by atoms with Crippen LogP contribution in [-0.2, 0) is 48.1 Å². The molecule has 1 aromatic carbocycles.